The van der Waals surface area contributed by atoms with Crippen LogP contribution in [0.2, 0.25) is 0 Å². The number of carboxylic acids is 1. The van der Waals surface area contributed by atoms with Gasteiger partial charge in [0.2, 0.25) is 0 Å². The molecule has 0 aromatic heterocycles. The molecule has 0 spiro atoms. The molecule has 6 nitrogen and oxygen atoms in total. The number of carbonyl (C=O) groups is 3. The lowest BCUT2D eigenvalue weighted by Gasteiger charge is -2.13. The Morgan fingerprint density at radius 3 is 2.60 bits per heavy atom. The minimum absolute atomic E-state index is 0.184. The second-order valence-corrected chi connectivity index (χ2v) is 6.84. The number of thioether (sulfide) groups is 1. The van der Waals surface area contributed by atoms with Crippen molar-refractivity contribution in [3.05, 3.63) is 40.3 Å². The molecule has 132 valence electrons. The molecule has 8 heteroatoms. The van der Waals surface area contributed by atoms with Crippen molar-refractivity contribution in [2.24, 2.45) is 0 Å². The van der Waals surface area contributed by atoms with E-state index in [-0.39, 0.29) is 23.9 Å². The van der Waals surface area contributed by atoms with Crippen LogP contribution in [0, 0.1) is 0 Å². The van der Waals surface area contributed by atoms with Gasteiger partial charge in [0.15, 0.2) is 0 Å². The molecule has 0 radical (unpaired) electrons. The maximum Gasteiger partial charge on any atom is 0.335 e. The molecule has 0 saturated carbocycles. The number of rotatable bonds is 7. The molecule has 2 rings (SSSR count). The summed E-state index contributed by atoms with van der Waals surface area (Å²) < 4.78 is 5.30. The Bertz CT molecular complexity index is 727. The number of benzene rings is 1. The van der Waals surface area contributed by atoms with Crippen molar-refractivity contribution in [3.63, 3.8) is 0 Å². The van der Waals surface area contributed by atoms with E-state index in [0.29, 0.717) is 28.8 Å². The van der Waals surface area contributed by atoms with Gasteiger partial charge in [0, 0.05) is 13.0 Å². The number of hydrogen-bond acceptors (Lipinski definition) is 6. The van der Waals surface area contributed by atoms with Crippen LogP contribution < -0.4 is 0 Å². The number of amides is 1. The summed E-state index contributed by atoms with van der Waals surface area (Å²) in [5.74, 6) is -1.50. The van der Waals surface area contributed by atoms with E-state index in [2.05, 4.69) is 0 Å². The molecule has 25 heavy (non-hydrogen) atoms. The Hall–Kier alpha value is -2.19. The SMILES string of the molecule is CCOC(=O)CCCN1C(=O)/C(=C/c2ccc(C(=O)O)cc2)SC1=S. The van der Waals surface area contributed by atoms with E-state index in [0.717, 1.165) is 5.56 Å². The number of hydrogen-bond donors (Lipinski definition) is 1. The van der Waals surface area contributed by atoms with Gasteiger partial charge in [-0.3, -0.25) is 14.5 Å². The zero-order valence-electron chi connectivity index (χ0n) is 13.6. The molecular formula is C17H17NO5S2. The van der Waals surface area contributed by atoms with Crippen LogP contribution in [-0.4, -0.2) is 45.3 Å². The van der Waals surface area contributed by atoms with Crippen molar-refractivity contribution < 1.29 is 24.2 Å². The van der Waals surface area contributed by atoms with E-state index in [1.165, 1.54) is 28.8 Å². The van der Waals surface area contributed by atoms with Crippen molar-refractivity contribution in [1.82, 2.24) is 4.90 Å². The Morgan fingerprint density at radius 1 is 1.32 bits per heavy atom. The first-order valence-corrected chi connectivity index (χ1v) is 8.89. The molecule has 0 unspecified atom stereocenters. The smallest absolute Gasteiger partial charge is 0.335 e. The van der Waals surface area contributed by atoms with Crippen LogP contribution in [0.25, 0.3) is 6.08 Å². The molecule has 0 atom stereocenters. The Balaban J connectivity index is 1.99. The van der Waals surface area contributed by atoms with Crippen LogP contribution in [0.3, 0.4) is 0 Å². The van der Waals surface area contributed by atoms with Crippen LogP contribution in [0.15, 0.2) is 29.2 Å². The summed E-state index contributed by atoms with van der Waals surface area (Å²) >= 11 is 6.42. The maximum absolute atomic E-state index is 12.4. The normalized spacial score (nSPS) is 15.7. The van der Waals surface area contributed by atoms with E-state index in [1.807, 2.05) is 0 Å². The van der Waals surface area contributed by atoms with Gasteiger partial charge >= 0.3 is 11.9 Å². The molecule has 1 aliphatic heterocycles. The summed E-state index contributed by atoms with van der Waals surface area (Å²) in [6.45, 7) is 2.44. The van der Waals surface area contributed by atoms with Crippen LogP contribution in [0.4, 0.5) is 0 Å². The number of esters is 1. The van der Waals surface area contributed by atoms with Crippen LogP contribution in [0.1, 0.15) is 35.7 Å². The molecule has 1 fully saturated rings. The molecule has 1 heterocycles. The average molecular weight is 379 g/mol. The third-order valence-corrected chi connectivity index (χ3v) is 4.77. The Labute approximate surface area is 154 Å². The van der Waals surface area contributed by atoms with Gasteiger partial charge in [0.1, 0.15) is 4.32 Å². The van der Waals surface area contributed by atoms with E-state index in [1.54, 1.807) is 25.1 Å². The fourth-order valence-corrected chi connectivity index (χ4v) is 3.49. The first kappa shape index (κ1) is 19.1. The zero-order valence-corrected chi connectivity index (χ0v) is 15.2. The first-order valence-electron chi connectivity index (χ1n) is 7.66. The van der Waals surface area contributed by atoms with Crippen LogP contribution in [0.5, 0.6) is 0 Å². The molecule has 1 aromatic rings. The lowest BCUT2D eigenvalue weighted by molar-refractivity contribution is -0.143. The number of ether oxygens (including phenoxy) is 1. The summed E-state index contributed by atoms with van der Waals surface area (Å²) in [6, 6.07) is 6.23. The minimum Gasteiger partial charge on any atom is -0.478 e. The molecular weight excluding hydrogens is 362 g/mol. The number of thiocarbonyl (C=S) groups is 1. The van der Waals surface area contributed by atoms with Gasteiger partial charge < -0.3 is 9.84 Å². The van der Waals surface area contributed by atoms with Crippen LogP contribution in [-0.2, 0) is 14.3 Å². The quantitative estimate of drug-likeness (QED) is 0.443. The molecule has 1 N–H and O–H groups in total. The maximum atomic E-state index is 12.4. The van der Waals surface area contributed by atoms with Gasteiger partial charge in [-0.25, -0.2) is 4.79 Å². The summed E-state index contributed by atoms with van der Waals surface area (Å²) in [6.07, 6.45) is 2.39. The van der Waals surface area contributed by atoms with Crippen molar-refractivity contribution in [3.8, 4) is 0 Å². The molecule has 1 saturated heterocycles. The average Bonchev–Trinajstić information content (AvgIpc) is 2.83. The second kappa shape index (κ2) is 8.77. The molecule has 0 aliphatic carbocycles. The second-order valence-electron chi connectivity index (χ2n) is 5.17. The fraction of sp³-hybridized carbons (Fsp3) is 0.294. The predicted octanol–water partition coefficient (Wildman–Crippen LogP) is 2.93. The van der Waals surface area contributed by atoms with E-state index in [9.17, 15) is 14.4 Å². The highest BCUT2D eigenvalue weighted by Gasteiger charge is 2.31. The van der Waals surface area contributed by atoms with Crippen molar-refractivity contribution in [2.75, 3.05) is 13.2 Å². The topological polar surface area (TPSA) is 83.9 Å². The number of aromatic carboxylic acids is 1. The van der Waals surface area contributed by atoms with Crippen molar-refractivity contribution in [1.29, 1.82) is 0 Å². The first-order chi connectivity index (χ1) is 11.9. The fourth-order valence-electron chi connectivity index (χ4n) is 2.18. The van der Waals surface area contributed by atoms with Gasteiger partial charge in [-0.2, -0.15) is 0 Å². The van der Waals surface area contributed by atoms with Gasteiger partial charge in [-0.15, -0.1) is 0 Å². The highest BCUT2D eigenvalue weighted by Crippen LogP contribution is 2.32. The third kappa shape index (κ3) is 5.14. The van der Waals surface area contributed by atoms with Gasteiger partial charge in [0.05, 0.1) is 17.1 Å². The summed E-state index contributed by atoms with van der Waals surface area (Å²) in [7, 11) is 0. The van der Waals surface area contributed by atoms with Gasteiger partial charge in [-0.1, -0.05) is 36.1 Å². The lowest BCUT2D eigenvalue weighted by Crippen LogP contribution is -2.29. The number of carboxylic acid groups (broad SMARTS) is 1. The summed E-state index contributed by atoms with van der Waals surface area (Å²) in [5.41, 5.74) is 0.903. The summed E-state index contributed by atoms with van der Waals surface area (Å²) in [4.78, 5) is 36.6. The predicted molar refractivity (Wildman–Crippen MR) is 99.1 cm³/mol. The molecule has 0 bridgehead atoms. The Morgan fingerprint density at radius 2 is 2.00 bits per heavy atom. The minimum atomic E-state index is -1.00. The van der Waals surface area contributed by atoms with Crippen molar-refractivity contribution in [2.45, 2.75) is 19.8 Å². The highest BCUT2D eigenvalue weighted by molar-refractivity contribution is 8.26. The largest absolute Gasteiger partial charge is 0.478 e. The zero-order chi connectivity index (χ0) is 18.4. The lowest BCUT2D eigenvalue weighted by atomic mass is 10.1. The number of nitrogens with zero attached hydrogens (tertiary/aromatic N) is 1. The van der Waals surface area contributed by atoms with E-state index < -0.39 is 5.97 Å². The van der Waals surface area contributed by atoms with E-state index in [4.69, 9.17) is 22.1 Å². The van der Waals surface area contributed by atoms with E-state index >= 15 is 0 Å². The number of carbonyl (C=O) groups excluding carboxylic acids is 2. The third-order valence-electron chi connectivity index (χ3n) is 3.40. The van der Waals surface area contributed by atoms with Crippen molar-refractivity contribution >= 4 is 52.2 Å². The van der Waals surface area contributed by atoms with Gasteiger partial charge in [0.25, 0.3) is 5.91 Å². The standard InChI is InChI=1S/C17H17NO5S2/c1-2-23-14(19)4-3-9-18-15(20)13(25-17(18)24)10-11-5-7-12(8-6-11)16(21)22/h5-8,10H,2-4,9H2,1H3,(H,21,22)/b13-10-. The highest BCUT2D eigenvalue weighted by atomic mass is 32.2. The Kier molecular flexibility index (Phi) is 6.72. The molecule has 1 amide bonds. The summed E-state index contributed by atoms with van der Waals surface area (Å²) in [5, 5.41) is 8.90. The molecule has 1 aromatic carbocycles. The van der Waals surface area contributed by atoms with Crippen LogP contribution >= 0.6 is 24.0 Å². The van der Waals surface area contributed by atoms with Gasteiger partial charge in [-0.05, 0) is 37.1 Å². The molecule has 1 aliphatic rings. The monoisotopic (exact) mass is 379 g/mol.